The van der Waals surface area contributed by atoms with Crippen molar-refractivity contribution in [2.45, 2.75) is 51.7 Å². The van der Waals surface area contributed by atoms with Crippen LogP contribution in [0.2, 0.25) is 0 Å². The average molecular weight is 294 g/mol. The van der Waals surface area contributed by atoms with Crippen molar-refractivity contribution in [2.24, 2.45) is 16.7 Å². The molecule has 0 spiro atoms. The molecule has 0 aromatic carbocycles. The van der Waals surface area contributed by atoms with Crippen LogP contribution >= 0.6 is 0 Å². The van der Waals surface area contributed by atoms with Crippen molar-refractivity contribution in [1.82, 2.24) is 0 Å². The summed E-state index contributed by atoms with van der Waals surface area (Å²) in [5.74, 6) is -2.11. The number of carbonyl (C=O) groups is 2. The molecule has 1 aliphatic heterocycles. The Balaban J connectivity index is 2.06. The van der Waals surface area contributed by atoms with Crippen LogP contribution in [0.25, 0.3) is 0 Å². The number of rotatable bonds is 1. The summed E-state index contributed by atoms with van der Waals surface area (Å²) in [4.78, 5) is 24.0. The van der Waals surface area contributed by atoms with Crippen LogP contribution in [0, 0.1) is 16.7 Å². The normalized spacial score (nSPS) is 45.2. The summed E-state index contributed by atoms with van der Waals surface area (Å²) >= 11 is 0. The maximum absolute atomic E-state index is 12.3. The Morgan fingerprint density at radius 1 is 1.38 bits per heavy atom. The summed E-state index contributed by atoms with van der Waals surface area (Å²) in [6, 6.07) is 0. The number of methoxy groups -OCH3 is 1. The third-order valence-corrected chi connectivity index (χ3v) is 5.92. The summed E-state index contributed by atoms with van der Waals surface area (Å²) < 4.78 is 10.2. The summed E-state index contributed by atoms with van der Waals surface area (Å²) in [7, 11) is 1.42. The van der Waals surface area contributed by atoms with Crippen LogP contribution in [-0.4, -0.2) is 29.9 Å². The highest BCUT2D eigenvalue weighted by atomic mass is 16.7. The summed E-state index contributed by atoms with van der Waals surface area (Å²) in [5.41, 5.74) is -0.332. The Hall–Kier alpha value is -1.36. The molecule has 5 nitrogen and oxygen atoms in total. The van der Waals surface area contributed by atoms with Crippen molar-refractivity contribution in [2.75, 3.05) is 7.11 Å². The number of fused-ring (bicyclic) bond motifs is 3. The van der Waals surface area contributed by atoms with Crippen molar-refractivity contribution in [3.8, 4) is 0 Å². The number of esters is 2. The first-order valence-electron chi connectivity index (χ1n) is 7.53. The molecule has 0 saturated heterocycles. The van der Waals surface area contributed by atoms with E-state index in [1.807, 2.05) is 13.8 Å². The number of carbonyl (C=O) groups excluding carboxylic acids is 2. The molecule has 2 saturated carbocycles. The van der Waals surface area contributed by atoms with E-state index in [0.717, 1.165) is 19.3 Å². The van der Waals surface area contributed by atoms with Crippen LogP contribution in [-0.2, 0) is 19.1 Å². The monoisotopic (exact) mass is 294 g/mol. The van der Waals surface area contributed by atoms with Crippen molar-refractivity contribution >= 4 is 11.9 Å². The molecule has 3 rings (SSSR count). The van der Waals surface area contributed by atoms with Gasteiger partial charge in [-0.2, -0.15) is 0 Å². The Bertz CT molecular complexity index is 539. The van der Waals surface area contributed by atoms with Crippen LogP contribution in [0.4, 0.5) is 0 Å². The van der Waals surface area contributed by atoms with Crippen molar-refractivity contribution < 1.29 is 24.2 Å². The third kappa shape index (κ3) is 1.79. The standard InChI is InChI=1S/C16H22O5/c1-14-6-4-7-15(2,13(18)20-3)10(14)5-8-16(19)11(14)9-12(17)21-16/h9-10,19H,4-8H2,1-3H3/t10-,14+,15+,16-/m1/s1. The van der Waals surface area contributed by atoms with Gasteiger partial charge in [0.15, 0.2) is 0 Å². The van der Waals surface area contributed by atoms with E-state index in [9.17, 15) is 14.7 Å². The predicted molar refractivity (Wildman–Crippen MR) is 73.9 cm³/mol. The molecule has 116 valence electrons. The first-order valence-corrected chi connectivity index (χ1v) is 7.53. The molecule has 21 heavy (non-hydrogen) atoms. The molecule has 0 unspecified atom stereocenters. The molecule has 4 atom stereocenters. The number of aliphatic hydroxyl groups is 1. The van der Waals surface area contributed by atoms with E-state index >= 15 is 0 Å². The van der Waals surface area contributed by atoms with Gasteiger partial charge in [-0.1, -0.05) is 13.3 Å². The zero-order chi connectivity index (χ0) is 15.5. The molecule has 3 aliphatic rings. The Labute approximate surface area is 124 Å². The maximum atomic E-state index is 12.3. The molecule has 5 heteroatoms. The summed E-state index contributed by atoms with van der Waals surface area (Å²) in [6.07, 6.45) is 4.89. The molecule has 1 heterocycles. The van der Waals surface area contributed by atoms with Crippen LogP contribution in [0.15, 0.2) is 11.6 Å². The van der Waals surface area contributed by atoms with Gasteiger partial charge in [-0.3, -0.25) is 4.79 Å². The lowest BCUT2D eigenvalue weighted by atomic mass is 9.48. The smallest absolute Gasteiger partial charge is 0.333 e. The minimum Gasteiger partial charge on any atom is -0.469 e. The van der Waals surface area contributed by atoms with Gasteiger partial charge in [0, 0.05) is 18.1 Å². The molecular formula is C16H22O5. The minimum absolute atomic E-state index is 0.0484. The van der Waals surface area contributed by atoms with E-state index < -0.39 is 22.6 Å². The molecule has 1 N–H and O–H groups in total. The zero-order valence-electron chi connectivity index (χ0n) is 12.8. The van der Waals surface area contributed by atoms with Crippen LogP contribution in [0.5, 0.6) is 0 Å². The zero-order valence-corrected chi connectivity index (χ0v) is 12.8. The van der Waals surface area contributed by atoms with Gasteiger partial charge in [-0.25, -0.2) is 4.79 Å². The summed E-state index contributed by atoms with van der Waals surface area (Å²) in [5, 5.41) is 10.6. The second-order valence-electron chi connectivity index (χ2n) is 7.03. The topological polar surface area (TPSA) is 72.8 Å². The molecular weight excluding hydrogens is 272 g/mol. The Morgan fingerprint density at radius 3 is 2.76 bits per heavy atom. The highest BCUT2D eigenvalue weighted by Gasteiger charge is 2.63. The van der Waals surface area contributed by atoms with Gasteiger partial charge in [0.05, 0.1) is 12.5 Å². The SMILES string of the molecule is COC(=O)[C@@]1(C)CCC[C@]2(C)C3=CC(=O)O[C@]3(O)CC[C@@H]12. The molecule has 0 aromatic rings. The summed E-state index contributed by atoms with van der Waals surface area (Å²) in [6.45, 7) is 3.99. The lowest BCUT2D eigenvalue weighted by Crippen LogP contribution is -2.56. The fraction of sp³-hybridized carbons (Fsp3) is 0.750. The molecule has 0 radical (unpaired) electrons. The molecule has 0 amide bonds. The average Bonchev–Trinajstić information content (AvgIpc) is 2.73. The van der Waals surface area contributed by atoms with Gasteiger partial charge in [0.2, 0.25) is 5.79 Å². The predicted octanol–water partition coefficient (Wildman–Crippen LogP) is 1.94. The van der Waals surface area contributed by atoms with E-state index in [0.29, 0.717) is 18.4 Å². The quantitative estimate of drug-likeness (QED) is 0.748. The lowest BCUT2D eigenvalue weighted by molar-refractivity contribution is -0.207. The van der Waals surface area contributed by atoms with E-state index in [1.165, 1.54) is 13.2 Å². The molecule has 0 bridgehead atoms. The number of hydrogen-bond acceptors (Lipinski definition) is 5. The highest BCUT2D eigenvalue weighted by molar-refractivity contribution is 5.87. The van der Waals surface area contributed by atoms with Gasteiger partial charge in [0.1, 0.15) is 0 Å². The van der Waals surface area contributed by atoms with Gasteiger partial charge in [-0.15, -0.1) is 0 Å². The Kier molecular flexibility index (Phi) is 3.00. The fourth-order valence-electron chi connectivity index (χ4n) is 4.93. The second-order valence-corrected chi connectivity index (χ2v) is 7.03. The van der Waals surface area contributed by atoms with E-state index in [1.54, 1.807) is 0 Å². The lowest BCUT2D eigenvalue weighted by Gasteiger charge is -2.56. The van der Waals surface area contributed by atoms with Gasteiger partial charge >= 0.3 is 11.9 Å². The van der Waals surface area contributed by atoms with Gasteiger partial charge < -0.3 is 14.6 Å². The van der Waals surface area contributed by atoms with E-state index in [2.05, 4.69) is 0 Å². The van der Waals surface area contributed by atoms with Gasteiger partial charge in [-0.05, 0) is 37.5 Å². The van der Waals surface area contributed by atoms with E-state index in [4.69, 9.17) is 9.47 Å². The van der Waals surface area contributed by atoms with Gasteiger partial charge in [0.25, 0.3) is 0 Å². The third-order valence-electron chi connectivity index (χ3n) is 5.92. The van der Waals surface area contributed by atoms with Crippen molar-refractivity contribution in [3.05, 3.63) is 11.6 Å². The van der Waals surface area contributed by atoms with Crippen molar-refractivity contribution in [3.63, 3.8) is 0 Å². The first-order chi connectivity index (χ1) is 9.76. The second kappa shape index (κ2) is 4.32. The maximum Gasteiger partial charge on any atom is 0.333 e. The van der Waals surface area contributed by atoms with Crippen molar-refractivity contribution in [1.29, 1.82) is 0 Å². The minimum atomic E-state index is -1.48. The van der Waals surface area contributed by atoms with Crippen LogP contribution < -0.4 is 0 Å². The van der Waals surface area contributed by atoms with E-state index in [-0.39, 0.29) is 11.9 Å². The molecule has 2 aliphatic carbocycles. The molecule has 0 aromatic heterocycles. The highest BCUT2D eigenvalue weighted by Crippen LogP contribution is 2.63. The Morgan fingerprint density at radius 2 is 2.10 bits per heavy atom. The largest absolute Gasteiger partial charge is 0.469 e. The van der Waals surface area contributed by atoms with Crippen LogP contribution in [0.1, 0.15) is 46.0 Å². The first kappa shape index (κ1) is 14.6. The number of hydrogen-bond donors (Lipinski definition) is 1. The fourth-order valence-corrected chi connectivity index (χ4v) is 4.93. The van der Waals surface area contributed by atoms with Crippen LogP contribution in [0.3, 0.4) is 0 Å². The molecule has 2 fully saturated rings. The number of ether oxygens (including phenoxy) is 2.